The van der Waals surface area contributed by atoms with Gasteiger partial charge in [-0.2, -0.15) is 5.10 Å². The van der Waals surface area contributed by atoms with E-state index in [-0.39, 0.29) is 5.91 Å². The van der Waals surface area contributed by atoms with Crippen LogP contribution in [0, 0.1) is 13.8 Å². The zero-order valence-electron chi connectivity index (χ0n) is 14.1. The molecule has 0 fully saturated rings. The van der Waals surface area contributed by atoms with E-state index >= 15 is 0 Å². The van der Waals surface area contributed by atoms with Gasteiger partial charge in [0.25, 0.3) is 0 Å². The third-order valence-corrected chi connectivity index (χ3v) is 3.88. The standard InChI is InChI=1S/C19H20N4O/c1-5-6-23-11-15(10-20-23)18-8-12(2)17-9-16(21-14(4)24)7-13(3)19(17)22-18/h5,7-11H,1,6H2,2-4H3,(H,21,24). The zero-order chi connectivity index (χ0) is 17.3. The highest BCUT2D eigenvalue weighted by molar-refractivity contribution is 5.95. The van der Waals surface area contributed by atoms with Crippen LogP contribution >= 0.6 is 0 Å². The molecule has 2 heterocycles. The first-order chi connectivity index (χ1) is 11.5. The molecule has 0 aliphatic heterocycles. The van der Waals surface area contributed by atoms with Gasteiger partial charge in [0.1, 0.15) is 0 Å². The minimum Gasteiger partial charge on any atom is -0.326 e. The lowest BCUT2D eigenvalue weighted by molar-refractivity contribution is -0.114. The molecule has 0 bridgehead atoms. The quantitative estimate of drug-likeness (QED) is 0.743. The molecule has 0 radical (unpaired) electrons. The Morgan fingerprint density at radius 1 is 1.29 bits per heavy atom. The number of nitrogens with zero attached hydrogens (tertiary/aromatic N) is 3. The van der Waals surface area contributed by atoms with Crippen molar-refractivity contribution in [1.29, 1.82) is 0 Å². The highest BCUT2D eigenvalue weighted by atomic mass is 16.1. The van der Waals surface area contributed by atoms with Crippen molar-refractivity contribution in [3.8, 4) is 11.3 Å². The maximum absolute atomic E-state index is 11.3. The van der Waals surface area contributed by atoms with E-state index in [1.807, 2.05) is 42.2 Å². The fourth-order valence-corrected chi connectivity index (χ4v) is 2.82. The third-order valence-electron chi connectivity index (χ3n) is 3.88. The van der Waals surface area contributed by atoms with E-state index in [9.17, 15) is 4.79 Å². The lowest BCUT2D eigenvalue weighted by Gasteiger charge is -2.11. The maximum atomic E-state index is 11.3. The number of carbonyl (C=O) groups is 1. The van der Waals surface area contributed by atoms with Crippen LogP contribution in [0.5, 0.6) is 0 Å². The number of nitrogens with one attached hydrogen (secondary N) is 1. The van der Waals surface area contributed by atoms with E-state index in [0.717, 1.165) is 39.0 Å². The molecule has 3 aromatic rings. The monoisotopic (exact) mass is 320 g/mol. The average Bonchev–Trinajstić information content (AvgIpc) is 2.96. The average molecular weight is 320 g/mol. The molecule has 0 unspecified atom stereocenters. The minimum atomic E-state index is -0.0781. The second-order valence-electron chi connectivity index (χ2n) is 5.93. The number of benzene rings is 1. The minimum absolute atomic E-state index is 0.0781. The van der Waals surface area contributed by atoms with Crippen LogP contribution in [0.25, 0.3) is 22.2 Å². The first-order valence-electron chi connectivity index (χ1n) is 7.81. The number of allylic oxidation sites excluding steroid dienone is 1. The first-order valence-corrected chi connectivity index (χ1v) is 7.81. The van der Waals surface area contributed by atoms with Crippen LogP contribution in [0.4, 0.5) is 5.69 Å². The van der Waals surface area contributed by atoms with Crippen molar-refractivity contribution in [2.24, 2.45) is 0 Å². The topological polar surface area (TPSA) is 59.8 Å². The molecule has 0 saturated carbocycles. The Balaban J connectivity index is 2.10. The predicted molar refractivity (Wildman–Crippen MR) is 96.9 cm³/mol. The summed E-state index contributed by atoms with van der Waals surface area (Å²) in [4.78, 5) is 16.1. The van der Waals surface area contributed by atoms with Crippen LogP contribution in [0.15, 0.2) is 43.2 Å². The number of amides is 1. The Kier molecular flexibility index (Phi) is 4.16. The van der Waals surface area contributed by atoms with E-state index < -0.39 is 0 Å². The van der Waals surface area contributed by atoms with Gasteiger partial charge in [0, 0.05) is 29.8 Å². The zero-order valence-corrected chi connectivity index (χ0v) is 14.1. The lowest BCUT2D eigenvalue weighted by atomic mass is 10.0. The van der Waals surface area contributed by atoms with Crippen LogP contribution in [-0.4, -0.2) is 20.7 Å². The molecule has 0 aliphatic carbocycles. The number of rotatable bonds is 4. The summed E-state index contributed by atoms with van der Waals surface area (Å²) >= 11 is 0. The van der Waals surface area contributed by atoms with Gasteiger partial charge in [-0.1, -0.05) is 6.08 Å². The SMILES string of the molecule is C=CCn1cc(-c2cc(C)c3cc(NC(C)=O)cc(C)c3n2)cn1. The number of hydrogen-bond donors (Lipinski definition) is 1. The van der Waals surface area contributed by atoms with Gasteiger partial charge in [-0.05, 0) is 43.2 Å². The van der Waals surface area contributed by atoms with Crippen molar-refractivity contribution < 1.29 is 4.79 Å². The van der Waals surface area contributed by atoms with Gasteiger partial charge in [0.05, 0.1) is 24.0 Å². The molecule has 1 N–H and O–H groups in total. The molecule has 0 aliphatic rings. The van der Waals surface area contributed by atoms with Crippen molar-refractivity contribution >= 4 is 22.5 Å². The van der Waals surface area contributed by atoms with Crippen molar-refractivity contribution in [3.63, 3.8) is 0 Å². The molecule has 24 heavy (non-hydrogen) atoms. The number of carbonyl (C=O) groups excluding carboxylic acids is 1. The molecule has 5 nitrogen and oxygen atoms in total. The molecular weight excluding hydrogens is 300 g/mol. The number of aryl methyl sites for hydroxylation is 2. The molecule has 2 aromatic heterocycles. The van der Waals surface area contributed by atoms with Crippen molar-refractivity contribution in [2.45, 2.75) is 27.3 Å². The summed E-state index contributed by atoms with van der Waals surface area (Å²) in [5.74, 6) is -0.0781. The molecule has 1 amide bonds. The summed E-state index contributed by atoms with van der Waals surface area (Å²) in [7, 11) is 0. The highest BCUT2D eigenvalue weighted by Gasteiger charge is 2.10. The van der Waals surface area contributed by atoms with Gasteiger partial charge >= 0.3 is 0 Å². The Labute approximate surface area is 141 Å². The molecule has 122 valence electrons. The molecule has 0 atom stereocenters. The summed E-state index contributed by atoms with van der Waals surface area (Å²) in [6, 6.07) is 5.96. The molecule has 0 spiro atoms. The number of anilines is 1. The van der Waals surface area contributed by atoms with Gasteiger partial charge in [-0.25, -0.2) is 4.98 Å². The second-order valence-corrected chi connectivity index (χ2v) is 5.93. The summed E-state index contributed by atoms with van der Waals surface area (Å²) in [6.07, 6.45) is 5.60. The highest BCUT2D eigenvalue weighted by Crippen LogP contribution is 2.28. The van der Waals surface area contributed by atoms with Crippen LogP contribution in [0.1, 0.15) is 18.1 Å². The van der Waals surface area contributed by atoms with Gasteiger partial charge in [-0.15, -0.1) is 6.58 Å². The van der Waals surface area contributed by atoms with E-state index in [2.05, 4.69) is 30.0 Å². The fraction of sp³-hybridized carbons (Fsp3) is 0.211. The van der Waals surface area contributed by atoms with Crippen LogP contribution in [-0.2, 0) is 11.3 Å². The molecule has 3 rings (SSSR count). The summed E-state index contributed by atoms with van der Waals surface area (Å²) < 4.78 is 1.83. The third kappa shape index (κ3) is 3.06. The molecule has 5 heteroatoms. The number of hydrogen-bond acceptors (Lipinski definition) is 3. The van der Waals surface area contributed by atoms with Crippen LogP contribution < -0.4 is 5.32 Å². The van der Waals surface area contributed by atoms with Crippen LogP contribution in [0.3, 0.4) is 0 Å². The summed E-state index contributed by atoms with van der Waals surface area (Å²) in [5.41, 5.74) is 5.75. The smallest absolute Gasteiger partial charge is 0.221 e. The molecule has 1 aromatic carbocycles. The Bertz CT molecular complexity index is 940. The van der Waals surface area contributed by atoms with E-state index in [0.29, 0.717) is 6.54 Å². The first kappa shape index (κ1) is 15.9. The van der Waals surface area contributed by atoms with Gasteiger partial charge in [0.2, 0.25) is 5.91 Å². The second kappa shape index (κ2) is 6.28. The predicted octanol–water partition coefficient (Wildman–Crippen LogP) is 3.86. The van der Waals surface area contributed by atoms with Gasteiger partial charge < -0.3 is 5.32 Å². The van der Waals surface area contributed by atoms with Gasteiger partial charge in [-0.3, -0.25) is 9.48 Å². The fourth-order valence-electron chi connectivity index (χ4n) is 2.82. The molecule has 0 saturated heterocycles. The summed E-state index contributed by atoms with van der Waals surface area (Å²) in [6.45, 7) is 9.97. The number of aromatic nitrogens is 3. The van der Waals surface area contributed by atoms with Crippen LogP contribution in [0.2, 0.25) is 0 Å². The van der Waals surface area contributed by atoms with E-state index in [1.165, 1.54) is 6.92 Å². The van der Waals surface area contributed by atoms with Gasteiger partial charge in [0.15, 0.2) is 0 Å². The normalized spacial score (nSPS) is 10.8. The molecular formula is C19H20N4O. The lowest BCUT2D eigenvalue weighted by Crippen LogP contribution is -2.06. The van der Waals surface area contributed by atoms with Crippen molar-refractivity contribution in [1.82, 2.24) is 14.8 Å². The Morgan fingerprint density at radius 2 is 2.08 bits per heavy atom. The van der Waals surface area contributed by atoms with E-state index in [4.69, 9.17) is 4.98 Å². The Hall–Kier alpha value is -2.95. The van der Waals surface area contributed by atoms with E-state index in [1.54, 1.807) is 0 Å². The maximum Gasteiger partial charge on any atom is 0.221 e. The summed E-state index contributed by atoms with van der Waals surface area (Å²) in [5, 5.41) is 8.20. The largest absolute Gasteiger partial charge is 0.326 e. The Morgan fingerprint density at radius 3 is 2.79 bits per heavy atom. The van der Waals surface area contributed by atoms with Crippen molar-refractivity contribution in [2.75, 3.05) is 5.32 Å². The number of pyridine rings is 1. The number of fused-ring (bicyclic) bond motifs is 1. The van der Waals surface area contributed by atoms with Crippen molar-refractivity contribution in [3.05, 3.63) is 54.4 Å².